The molecule has 1 aromatic carbocycles. The zero-order chi connectivity index (χ0) is 19.7. The van der Waals surface area contributed by atoms with E-state index in [2.05, 4.69) is 31.7 Å². The summed E-state index contributed by atoms with van der Waals surface area (Å²) >= 11 is 0. The smallest absolute Gasteiger partial charge is 0.0991 e. The van der Waals surface area contributed by atoms with Crippen molar-refractivity contribution in [1.82, 2.24) is 0 Å². The first kappa shape index (κ1) is 20.2. The molecule has 1 aromatic rings. The molecule has 3 fully saturated rings. The number of hydrogen-bond acceptors (Lipinski definition) is 3. The Morgan fingerprint density at radius 2 is 1.85 bits per heavy atom. The maximum absolute atomic E-state index is 8.69. The van der Waals surface area contributed by atoms with Gasteiger partial charge in [0.1, 0.15) is 0 Å². The van der Waals surface area contributed by atoms with Gasteiger partial charge in [-0.15, -0.1) is 0 Å². The zero-order valence-electron chi connectivity index (χ0n) is 17.9. The van der Waals surface area contributed by atoms with E-state index in [0.717, 1.165) is 29.7 Å². The van der Waals surface area contributed by atoms with Crippen molar-refractivity contribution >= 4 is 5.69 Å². The number of aryl methyl sites for hydroxylation is 1. The van der Waals surface area contributed by atoms with Gasteiger partial charge >= 0.3 is 0 Å². The average molecular weight is 369 g/mol. The van der Waals surface area contributed by atoms with E-state index < -0.39 is 0 Å². The summed E-state index contributed by atoms with van der Waals surface area (Å²) in [6.45, 7) is 11.0. The van der Waals surface area contributed by atoms with Crippen molar-refractivity contribution < 1.29 is 4.74 Å². The van der Waals surface area contributed by atoms with Crippen LogP contribution in [0.25, 0.3) is 0 Å². The highest BCUT2D eigenvalue weighted by molar-refractivity contribution is 5.55. The van der Waals surface area contributed by atoms with E-state index in [-0.39, 0.29) is 0 Å². The van der Waals surface area contributed by atoms with Crippen LogP contribution in [-0.2, 0) is 4.74 Å². The highest BCUT2D eigenvalue weighted by Crippen LogP contribution is 2.70. The van der Waals surface area contributed by atoms with Crippen LogP contribution in [0.4, 0.5) is 5.69 Å². The lowest BCUT2D eigenvalue weighted by Crippen LogP contribution is -2.40. The fraction of sp³-hybridized carbons (Fsp3) is 0.708. The van der Waals surface area contributed by atoms with Gasteiger partial charge in [0.25, 0.3) is 0 Å². The number of epoxide rings is 1. The Kier molecular flexibility index (Phi) is 5.59. The van der Waals surface area contributed by atoms with Gasteiger partial charge in [0.05, 0.1) is 23.8 Å². The second-order valence-corrected chi connectivity index (χ2v) is 9.37. The predicted molar refractivity (Wildman–Crippen MR) is 112 cm³/mol. The molecule has 3 aliphatic rings. The zero-order valence-corrected chi connectivity index (χ0v) is 17.9. The lowest BCUT2D eigenvalue weighted by Gasteiger charge is -2.45. The summed E-state index contributed by atoms with van der Waals surface area (Å²) in [6.07, 6.45) is 9.91. The maximum Gasteiger partial charge on any atom is 0.0991 e. The van der Waals surface area contributed by atoms with Crippen molar-refractivity contribution in [3.63, 3.8) is 0 Å². The summed E-state index contributed by atoms with van der Waals surface area (Å²) in [4.78, 5) is 2.16. The summed E-state index contributed by atoms with van der Waals surface area (Å²) in [5.41, 5.74) is 4.80. The van der Waals surface area contributed by atoms with E-state index in [1.165, 1.54) is 50.6 Å². The Balaban J connectivity index is 0.000000157. The number of rotatable bonds is 4. The second kappa shape index (κ2) is 7.47. The summed E-state index contributed by atoms with van der Waals surface area (Å²) in [5.74, 6) is 0. The molecule has 27 heavy (non-hydrogen) atoms. The van der Waals surface area contributed by atoms with Crippen molar-refractivity contribution in [1.29, 1.82) is 5.26 Å². The van der Waals surface area contributed by atoms with Crippen molar-refractivity contribution in [2.24, 2.45) is 10.8 Å². The van der Waals surface area contributed by atoms with Crippen LogP contribution >= 0.6 is 0 Å². The first-order chi connectivity index (χ1) is 12.8. The normalized spacial score (nSPS) is 29.6. The van der Waals surface area contributed by atoms with Gasteiger partial charge in [-0.1, -0.05) is 20.3 Å². The number of nitrogens with zero attached hydrogens (tertiary/aromatic N) is 2. The van der Waals surface area contributed by atoms with Crippen molar-refractivity contribution in [2.45, 2.75) is 78.2 Å². The third-order valence-corrected chi connectivity index (χ3v) is 7.47. The minimum absolute atomic E-state index is 0.359. The number of ether oxygens (including phenoxy) is 1. The topological polar surface area (TPSA) is 39.6 Å². The van der Waals surface area contributed by atoms with E-state index in [9.17, 15) is 0 Å². The summed E-state index contributed by atoms with van der Waals surface area (Å²) in [5, 5.41) is 8.69. The molecule has 3 nitrogen and oxygen atoms in total. The molecular formula is C24H36N2O. The van der Waals surface area contributed by atoms with Crippen LogP contribution in [0.15, 0.2) is 18.2 Å². The third-order valence-electron chi connectivity index (χ3n) is 7.47. The van der Waals surface area contributed by atoms with E-state index in [4.69, 9.17) is 10.00 Å². The minimum atomic E-state index is 0.359. The third kappa shape index (κ3) is 4.02. The molecule has 2 atom stereocenters. The SMILES string of the molecule is CCCC1(C)CC2(CCC13CC3)CO2.CCN(C)c1ccc(C#N)cc1C. The van der Waals surface area contributed by atoms with Gasteiger partial charge in [0.2, 0.25) is 0 Å². The Hall–Kier alpha value is -1.53. The molecule has 148 valence electrons. The van der Waals surface area contributed by atoms with Crippen molar-refractivity contribution in [3.05, 3.63) is 29.3 Å². The van der Waals surface area contributed by atoms with Gasteiger partial charge in [-0.05, 0) is 87.0 Å². The van der Waals surface area contributed by atoms with Gasteiger partial charge in [0.15, 0.2) is 0 Å². The van der Waals surface area contributed by atoms with Gasteiger partial charge < -0.3 is 9.64 Å². The molecule has 0 N–H and O–H groups in total. The molecule has 2 aliphatic carbocycles. The lowest BCUT2D eigenvalue weighted by molar-refractivity contribution is 0.0279. The van der Waals surface area contributed by atoms with E-state index in [0.29, 0.717) is 11.0 Å². The van der Waals surface area contributed by atoms with Gasteiger partial charge in [-0.25, -0.2) is 0 Å². The second-order valence-electron chi connectivity index (χ2n) is 9.37. The largest absolute Gasteiger partial charge is 0.375 e. The monoisotopic (exact) mass is 368 g/mol. The Morgan fingerprint density at radius 3 is 2.33 bits per heavy atom. The van der Waals surface area contributed by atoms with Gasteiger partial charge in [-0.2, -0.15) is 5.26 Å². The first-order valence-electron chi connectivity index (χ1n) is 10.7. The van der Waals surface area contributed by atoms with E-state index in [1.54, 1.807) is 0 Å². The summed E-state index contributed by atoms with van der Waals surface area (Å²) in [7, 11) is 2.05. The highest BCUT2D eigenvalue weighted by Gasteiger charge is 2.64. The quantitative estimate of drug-likeness (QED) is 0.626. The van der Waals surface area contributed by atoms with Crippen molar-refractivity contribution in [3.8, 4) is 6.07 Å². The Morgan fingerprint density at radius 1 is 1.19 bits per heavy atom. The molecule has 0 amide bonds. The fourth-order valence-corrected chi connectivity index (χ4v) is 5.34. The molecule has 2 spiro atoms. The minimum Gasteiger partial charge on any atom is -0.375 e. The molecule has 1 heterocycles. The summed E-state index contributed by atoms with van der Waals surface area (Å²) in [6, 6.07) is 7.90. The van der Waals surface area contributed by atoms with Crippen LogP contribution in [0.3, 0.4) is 0 Å². The Bertz CT molecular complexity index is 712. The summed E-state index contributed by atoms with van der Waals surface area (Å²) < 4.78 is 5.70. The predicted octanol–water partition coefficient (Wildman–Crippen LogP) is 5.85. The fourth-order valence-electron chi connectivity index (χ4n) is 5.34. The molecule has 2 unspecified atom stereocenters. The number of hydrogen-bond donors (Lipinski definition) is 0. The van der Waals surface area contributed by atoms with Crippen LogP contribution in [0, 0.1) is 29.1 Å². The molecule has 1 saturated heterocycles. The van der Waals surface area contributed by atoms with Crippen LogP contribution in [-0.4, -0.2) is 25.8 Å². The standard InChI is InChI=1S/C13H22O.C11H14N2/c1-3-4-11(2)9-13(10-14-13)8-7-12(11)5-6-12;1-4-13(3)11-6-5-10(8-12)7-9(11)2/h3-10H2,1-2H3;5-7H,4H2,1-3H3. The number of benzene rings is 1. The lowest BCUT2D eigenvalue weighted by atomic mass is 9.59. The Labute approximate surface area is 165 Å². The van der Waals surface area contributed by atoms with E-state index in [1.807, 2.05) is 32.2 Å². The van der Waals surface area contributed by atoms with Crippen LogP contribution < -0.4 is 4.90 Å². The van der Waals surface area contributed by atoms with Gasteiger partial charge in [0, 0.05) is 19.3 Å². The maximum atomic E-state index is 8.69. The van der Waals surface area contributed by atoms with Crippen LogP contribution in [0.1, 0.15) is 76.8 Å². The average Bonchev–Trinajstić information content (AvgIpc) is 3.56. The molecule has 0 aromatic heterocycles. The molecular weight excluding hydrogens is 332 g/mol. The first-order valence-corrected chi connectivity index (χ1v) is 10.7. The number of nitriles is 1. The van der Waals surface area contributed by atoms with Gasteiger partial charge in [-0.3, -0.25) is 0 Å². The van der Waals surface area contributed by atoms with Crippen LogP contribution in [0.5, 0.6) is 0 Å². The molecule has 4 rings (SSSR count). The molecule has 3 heteroatoms. The molecule has 1 aliphatic heterocycles. The molecule has 2 saturated carbocycles. The molecule has 0 bridgehead atoms. The highest BCUT2D eigenvalue weighted by atomic mass is 16.6. The van der Waals surface area contributed by atoms with Crippen molar-refractivity contribution in [2.75, 3.05) is 25.1 Å². The molecule has 0 radical (unpaired) electrons. The van der Waals surface area contributed by atoms with Crippen LogP contribution in [0.2, 0.25) is 0 Å². The number of anilines is 1. The van der Waals surface area contributed by atoms with E-state index >= 15 is 0 Å².